The van der Waals surface area contributed by atoms with Crippen molar-refractivity contribution in [2.75, 3.05) is 27.2 Å². The Hall–Kier alpha value is -2.34. The van der Waals surface area contributed by atoms with Crippen molar-refractivity contribution in [3.63, 3.8) is 0 Å². The minimum Gasteiger partial charge on any atom is -0.508 e. The Balaban J connectivity index is 1.85. The lowest BCUT2D eigenvalue weighted by molar-refractivity contribution is 0.0652. The molecule has 6 heteroatoms. The molecule has 0 radical (unpaired) electrons. The number of benzene rings is 1. The molecule has 1 aliphatic rings. The SMILES string of the molecule is CN(C)CC1CN(C(=O)c2cccc(O)c2)Cc2ccnn21. The Morgan fingerprint density at radius 3 is 2.95 bits per heavy atom. The maximum atomic E-state index is 12.7. The van der Waals surface area contributed by atoms with Crippen LogP contribution in [0.15, 0.2) is 36.5 Å². The summed E-state index contributed by atoms with van der Waals surface area (Å²) >= 11 is 0. The minimum absolute atomic E-state index is 0.0629. The van der Waals surface area contributed by atoms with Crippen LogP contribution in [0.2, 0.25) is 0 Å². The number of fused-ring (bicyclic) bond motifs is 1. The summed E-state index contributed by atoms with van der Waals surface area (Å²) in [6.07, 6.45) is 1.78. The monoisotopic (exact) mass is 300 g/mol. The van der Waals surface area contributed by atoms with Gasteiger partial charge in [-0.05, 0) is 38.4 Å². The van der Waals surface area contributed by atoms with Crippen LogP contribution >= 0.6 is 0 Å². The number of hydrogen-bond donors (Lipinski definition) is 1. The van der Waals surface area contributed by atoms with Crippen molar-refractivity contribution in [3.8, 4) is 5.75 Å². The summed E-state index contributed by atoms with van der Waals surface area (Å²) < 4.78 is 2.01. The number of carbonyl (C=O) groups excluding carboxylic acids is 1. The van der Waals surface area contributed by atoms with Crippen LogP contribution in [0.3, 0.4) is 0 Å². The average Bonchev–Trinajstić information content (AvgIpc) is 2.94. The molecule has 1 aromatic heterocycles. The van der Waals surface area contributed by atoms with Crippen molar-refractivity contribution in [1.29, 1.82) is 0 Å². The summed E-state index contributed by atoms with van der Waals surface area (Å²) in [7, 11) is 4.03. The predicted molar refractivity (Wildman–Crippen MR) is 82.7 cm³/mol. The van der Waals surface area contributed by atoms with Crippen LogP contribution in [-0.2, 0) is 6.54 Å². The first-order valence-electron chi connectivity index (χ1n) is 7.30. The largest absolute Gasteiger partial charge is 0.508 e. The average molecular weight is 300 g/mol. The molecule has 22 heavy (non-hydrogen) atoms. The molecule has 1 aliphatic heterocycles. The fourth-order valence-corrected chi connectivity index (χ4v) is 2.92. The van der Waals surface area contributed by atoms with Gasteiger partial charge in [-0.3, -0.25) is 9.48 Å². The lowest BCUT2D eigenvalue weighted by atomic mass is 10.1. The van der Waals surface area contributed by atoms with E-state index in [1.54, 1.807) is 24.4 Å². The Kier molecular flexibility index (Phi) is 3.85. The molecule has 0 spiro atoms. The zero-order valence-corrected chi connectivity index (χ0v) is 12.8. The number of aromatic hydroxyl groups is 1. The van der Waals surface area contributed by atoms with Gasteiger partial charge in [0, 0.05) is 24.8 Å². The smallest absolute Gasteiger partial charge is 0.254 e. The highest BCUT2D eigenvalue weighted by Gasteiger charge is 2.29. The maximum Gasteiger partial charge on any atom is 0.254 e. The van der Waals surface area contributed by atoms with E-state index in [9.17, 15) is 9.90 Å². The molecule has 3 rings (SSSR count). The molecule has 0 aliphatic carbocycles. The van der Waals surface area contributed by atoms with Gasteiger partial charge in [0.2, 0.25) is 0 Å². The number of aromatic nitrogens is 2. The molecular weight excluding hydrogens is 280 g/mol. The standard InChI is InChI=1S/C16H20N4O2/c1-18(2)9-14-11-19(10-13-6-7-17-20(13)14)16(22)12-4-3-5-15(21)8-12/h3-8,14,21H,9-11H2,1-2H3. The van der Waals surface area contributed by atoms with Crippen molar-refractivity contribution >= 4 is 5.91 Å². The summed E-state index contributed by atoms with van der Waals surface area (Å²) in [5.74, 6) is 0.0462. The Morgan fingerprint density at radius 1 is 1.41 bits per heavy atom. The van der Waals surface area contributed by atoms with E-state index in [4.69, 9.17) is 0 Å². The second kappa shape index (κ2) is 5.81. The second-order valence-corrected chi connectivity index (χ2v) is 5.92. The van der Waals surface area contributed by atoms with Crippen molar-refractivity contribution in [2.24, 2.45) is 0 Å². The van der Waals surface area contributed by atoms with Crippen LogP contribution in [0.1, 0.15) is 22.1 Å². The Labute approximate surface area is 129 Å². The number of amides is 1. The topological polar surface area (TPSA) is 61.6 Å². The molecular formula is C16H20N4O2. The number of nitrogens with zero attached hydrogens (tertiary/aromatic N) is 4. The third-order valence-corrected chi connectivity index (χ3v) is 3.84. The first kappa shape index (κ1) is 14.6. The van der Waals surface area contributed by atoms with Crippen LogP contribution in [-0.4, -0.2) is 57.8 Å². The van der Waals surface area contributed by atoms with E-state index >= 15 is 0 Å². The van der Waals surface area contributed by atoms with Gasteiger partial charge in [-0.1, -0.05) is 6.07 Å². The van der Waals surface area contributed by atoms with Crippen LogP contribution < -0.4 is 0 Å². The summed E-state index contributed by atoms with van der Waals surface area (Å²) in [5.41, 5.74) is 1.54. The summed E-state index contributed by atoms with van der Waals surface area (Å²) in [5, 5.41) is 13.9. The van der Waals surface area contributed by atoms with Crippen molar-refractivity contribution < 1.29 is 9.90 Å². The Morgan fingerprint density at radius 2 is 2.23 bits per heavy atom. The van der Waals surface area contributed by atoms with Gasteiger partial charge in [-0.25, -0.2) is 0 Å². The molecule has 0 saturated heterocycles. The van der Waals surface area contributed by atoms with Gasteiger partial charge < -0.3 is 14.9 Å². The molecule has 1 N–H and O–H groups in total. The highest BCUT2D eigenvalue weighted by atomic mass is 16.3. The zero-order valence-electron chi connectivity index (χ0n) is 12.8. The number of rotatable bonds is 3. The highest BCUT2D eigenvalue weighted by Crippen LogP contribution is 2.23. The molecule has 1 amide bonds. The fourth-order valence-electron chi connectivity index (χ4n) is 2.92. The minimum atomic E-state index is -0.0629. The molecule has 0 fully saturated rings. The molecule has 1 aromatic carbocycles. The molecule has 2 heterocycles. The van der Waals surface area contributed by atoms with Gasteiger partial charge in [0.1, 0.15) is 5.75 Å². The van der Waals surface area contributed by atoms with E-state index < -0.39 is 0 Å². The van der Waals surface area contributed by atoms with E-state index in [2.05, 4.69) is 10.00 Å². The quantitative estimate of drug-likeness (QED) is 0.929. The summed E-state index contributed by atoms with van der Waals surface area (Å²) in [6.45, 7) is 1.97. The predicted octanol–water partition coefficient (Wildman–Crippen LogP) is 1.35. The van der Waals surface area contributed by atoms with Crippen LogP contribution in [0, 0.1) is 0 Å². The lowest BCUT2D eigenvalue weighted by Crippen LogP contribution is -2.44. The Bertz CT molecular complexity index is 680. The molecule has 0 bridgehead atoms. The highest BCUT2D eigenvalue weighted by molar-refractivity contribution is 5.94. The number of likely N-dealkylation sites (N-methyl/N-ethyl adjacent to an activating group) is 1. The second-order valence-electron chi connectivity index (χ2n) is 5.92. The summed E-state index contributed by atoms with van der Waals surface area (Å²) in [4.78, 5) is 16.6. The first-order chi connectivity index (χ1) is 10.5. The first-order valence-corrected chi connectivity index (χ1v) is 7.30. The fraction of sp³-hybridized carbons (Fsp3) is 0.375. The van der Waals surface area contributed by atoms with Gasteiger partial charge >= 0.3 is 0 Å². The molecule has 1 atom stereocenters. The third kappa shape index (κ3) is 2.82. The third-order valence-electron chi connectivity index (χ3n) is 3.84. The van der Waals surface area contributed by atoms with E-state index in [0.717, 1.165) is 12.2 Å². The number of carbonyl (C=O) groups is 1. The van der Waals surface area contributed by atoms with E-state index in [0.29, 0.717) is 18.7 Å². The van der Waals surface area contributed by atoms with E-state index in [1.807, 2.05) is 29.7 Å². The molecule has 2 aromatic rings. The van der Waals surface area contributed by atoms with E-state index in [1.165, 1.54) is 6.07 Å². The number of phenols is 1. The van der Waals surface area contributed by atoms with Gasteiger partial charge in [0.05, 0.1) is 18.3 Å². The lowest BCUT2D eigenvalue weighted by Gasteiger charge is -2.35. The normalized spacial score (nSPS) is 17.6. The van der Waals surface area contributed by atoms with E-state index in [-0.39, 0.29) is 17.7 Å². The van der Waals surface area contributed by atoms with Crippen LogP contribution in [0.4, 0.5) is 0 Å². The summed E-state index contributed by atoms with van der Waals surface area (Å²) in [6, 6.07) is 8.58. The van der Waals surface area contributed by atoms with Gasteiger partial charge in [0.15, 0.2) is 0 Å². The van der Waals surface area contributed by atoms with Crippen molar-refractivity contribution in [3.05, 3.63) is 47.8 Å². The molecule has 116 valence electrons. The maximum absolute atomic E-state index is 12.7. The van der Waals surface area contributed by atoms with Crippen molar-refractivity contribution in [2.45, 2.75) is 12.6 Å². The molecule has 0 saturated carbocycles. The number of phenolic OH excluding ortho intramolecular Hbond substituents is 1. The number of hydrogen-bond acceptors (Lipinski definition) is 4. The van der Waals surface area contributed by atoms with Gasteiger partial charge in [-0.2, -0.15) is 5.10 Å². The van der Waals surface area contributed by atoms with Crippen molar-refractivity contribution in [1.82, 2.24) is 19.6 Å². The zero-order chi connectivity index (χ0) is 15.7. The van der Waals surface area contributed by atoms with Crippen LogP contribution in [0.25, 0.3) is 0 Å². The van der Waals surface area contributed by atoms with Gasteiger partial charge in [0.25, 0.3) is 5.91 Å². The van der Waals surface area contributed by atoms with Crippen LogP contribution in [0.5, 0.6) is 5.75 Å². The molecule has 1 unspecified atom stereocenters. The molecule has 6 nitrogen and oxygen atoms in total. The van der Waals surface area contributed by atoms with Gasteiger partial charge in [-0.15, -0.1) is 0 Å².